The number of carbonyl (C=O) groups is 2. The number of nitrogens with two attached hydrogens (primary N) is 1. The Hall–Kier alpha value is -4.29. The van der Waals surface area contributed by atoms with Crippen LogP contribution in [-0.4, -0.2) is 43.9 Å². The van der Waals surface area contributed by atoms with Crippen LogP contribution >= 0.6 is 0 Å². The molecule has 12 heteroatoms. The molecule has 0 aliphatic carbocycles. The number of amidine groups is 1. The number of pyridine rings is 1. The smallest absolute Gasteiger partial charge is 0.239 e. The van der Waals surface area contributed by atoms with Gasteiger partial charge in [-0.2, -0.15) is 0 Å². The van der Waals surface area contributed by atoms with Gasteiger partial charge in [0, 0.05) is 29.0 Å². The fourth-order valence-electron chi connectivity index (χ4n) is 3.58. The van der Waals surface area contributed by atoms with Crippen LogP contribution in [0.15, 0.2) is 79.1 Å². The second-order valence-corrected chi connectivity index (χ2v) is 10.4. The Morgan fingerprint density at radius 3 is 2.21 bits per heavy atom. The number of aromatic nitrogens is 1. The van der Waals surface area contributed by atoms with Crippen molar-refractivity contribution in [2.45, 2.75) is 31.2 Å². The molecule has 0 saturated carbocycles. The summed E-state index contributed by atoms with van der Waals surface area (Å²) in [6.07, 6.45) is 3.24. The summed E-state index contributed by atoms with van der Waals surface area (Å²) in [6.45, 7) is -0.120. The van der Waals surface area contributed by atoms with Crippen molar-refractivity contribution in [1.82, 2.24) is 15.4 Å². The highest BCUT2D eigenvalue weighted by Crippen LogP contribution is 2.09. The lowest BCUT2D eigenvalue weighted by atomic mass is 10.1. The van der Waals surface area contributed by atoms with Gasteiger partial charge in [-0.15, -0.1) is 0 Å². The van der Waals surface area contributed by atoms with Crippen molar-refractivity contribution in [3.8, 4) is 0 Å². The highest BCUT2D eigenvalue weighted by atomic mass is 32.2. The van der Waals surface area contributed by atoms with Crippen LogP contribution in [0.4, 0.5) is 0 Å². The maximum atomic E-state index is 12.9. The van der Waals surface area contributed by atoms with E-state index in [4.69, 9.17) is 11.1 Å². The molecule has 0 spiro atoms. The monoisotopic (exact) mass is 539 g/mol. The van der Waals surface area contributed by atoms with E-state index >= 15 is 0 Å². The molecule has 7 N–H and O–H groups in total. The predicted molar refractivity (Wildman–Crippen MR) is 140 cm³/mol. The molecule has 0 fully saturated rings. The Bertz CT molecular complexity index is 1350. The van der Waals surface area contributed by atoms with Gasteiger partial charge < -0.3 is 16.4 Å². The maximum absolute atomic E-state index is 12.9. The Balaban J connectivity index is 1.58. The van der Waals surface area contributed by atoms with Gasteiger partial charge >= 0.3 is 0 Å². The third kappa shape index (κ3) is 9.30. The molecular weight excluding hydrogens is 508 g/mol. The molecule has 0 aliphatic heterocycles. The van der Waals surface area contributed by atoms with E-state index < -0.39 is 27.9 Å². The quantitative estimate of drug-likeness (QED) is 0.0789. The van der Waals surface area contributed by atoms with E-state index in [1.165, 1.54) is 24.5 Å². The van der Waals surface area contributed by atoms with E-state index in [1.807, 2.05) is 30.3 Å². The van der Waals surface area contributed by atoms with Crippen LogP contribution in [0.1, 0.15) is 28.7 Å². The van der Waals surface area contributed by atoms with Gasteiger partial charge in [-0.25, -0.2) is 13.1 Å². The predicted octanol–water partition coefficient (Wildman–Crippen LogP) is 0.349. The highest BCUT2D eigenvalue weighted by Gasteiger charge is 2.25. The Kier molecular flexibility index (Phi) is 9.91. The number of sulfonamides is 1. The van der Waals surface area contributed by atoms with Crippen molar-refractivity contribution in [2.24, 2.45) is 5.73 Å². The maximum Gasteiger partial charge on any atom is 0.239 e. The first-order chi connectivity index (χ1) is 18.1. The van der Waals surface area contributed by atoms with Crippen molar-refractivity contribution in [1.29, 1.82) is 5.41 Å². The van der Waals surface area contributed by atoms with Gasteiger partial charge in [0.05, 0.1) is 12.3 Å². The Morgan fingerprint density at radius 2 is 1.58 bits per heavy atom. The van der Waals surface area contributed by atoms with Crippen LogP contribution in [0.3, 0.4) is 0 Å². The van der Waals surface area contributed by atoms with Crippen LogP contribution in [0.5, 0.6) is 0 Å². The van der Waals surface area contributed by atoms with Crippen molar-refractivity contribution in [3.63, 3.8) is 0 Å². The zero-order valence-corrected chi connectivity index (χ0v) is 21.4. The molecule has 3 rings (SSSR count). The minimum absolute atomic E-state index is 0.0530. The van der Waals surface area contributed by atoms with Crippen LogP contribution in [0.2, 0.25) is 0 Å². The number of rotatable bonds is 13. The third-order valence-corrected chi connectivity index (χ3v) is 6.98. The molecule has 2 amide bonds. The van der Waals surface area contributed by atoms with Crippen LogP contribution in [-0.2, 0) is 38.3 Å². The van der Waals surface area contributed by atoms with Gasteiger partial charge in [0.2, 0.25) is 34.2 Å². The summed E-state index contributed by atoms with van der Waals surface area (Å²) in [5.74, 6) is -1.50. The number of nitrogens with one attached hydrogen (secondary N) is 4. The lowest BCUT2D eigenvalue weighted by molar-refractivity contribution is -0.904. The summed E-state index contributed by atoms with van der Waals surface area (Å²) in [7, 11) is -3.92. The van der Waals surface area contributed by atoms with E-state index in [0.717, 1.165) is 15.9 Å². The van der Waals surface area contributed by atoms with E-state index in [0.29, 0.717) is 17.5 Å². The lowest BCUT2D eigenvalue weighted by Crippen LogP contribution is -2.49. The molecule has 0 bridgehead atoms. The zero-order chi connectivity index (χ0) is 27.5. The molecule has 11 nitrogen and oxygen atoms in total. The molecule has 0 radical (unpaired) electrons. The zero-order valence-electron chi connectivity index (χ0n) is 20.6. The first kappa shape index (κ1) is 28.3. The molecule has 1 atom stereocenters. The van der Waals surface area contributed by atoms with Gasteiger partial charge in [-0.05, 0) is 29.5 Å². The fourth-order valence-corrected chi connectivity index (χ4v) is 4.95. The van der Waals surface area contributed by atoms with Crippen molar-refractivity contribution in [3.05, 3.63) is 101 Å². The molecule has 1 aromatic heterocycles. The normalized spacial score (nSPS) is 11.9. The second-order valence-electron chi connectivity index (χ2n) is 8.65. The molecule has 0 aliphatic rings. The van der Waals surface area contributed by atoms with Crippen LogP contribution < -0.4 is 25.8 Å². The van der Waals surface area contributed by atoms with Crippen LogP contribution in [0.25, 0.3) is 0 Å². The number of carbonyl (C=O) groups excluding carboxylic acids is 2. The first-order valence-corrected chi connectivity index (χ1v) is 13.5. The van der Waals surface area contributed by atoms with Crippen molar-refractivity contribution >= 4 is 27.7 Å². The molecule has 0 unspecified atom stereocenters. The summed E-state index contributed by atoms with van der Waals surface area (Å²) in [5, 5.41) is 22.0. The molecular formula is C26H31N6O5S+. The number of nitrogens with zero attached hydrogens (tertiary/aromatic N) is 1. The van der Waals surface area contributed by atoms with Crippen molar-refractivity contribution < 1.29 is 27.9 Å². The molecule has 3 aromatic rings. The number of hydrogen-bond acceptors (Lipinski definition) is 6. The number of aryl methyl sites for hydroxylation is 1. The summed E-state index contributed by atoms with van der Waals surface area (Å²) in [6, 6.07) is 18.0. The van der Waals surface area contributed by atoms with Crippen molar-refractivity contribution in [2.75, 3.05) is 6.54 Å². The molecule has 200 valence electrons. The number of amides is 2. The molecule has 0 saturated heterocycles. The van der Waals surface area contributed by atoms with E-state index in [2.05, 4.69) is 15.4 Å². The summed E-state index contributed by atoms with van der Waals surface area (Å²) in [4.78, 5) is 25.2. The average Bonchev–Trinajstić information content (AvgIpc) is 2.90. The number of nitrogen functional groups attached to an aromatic ring is 1. The fraction of sp³-hybridized carbons (Fsp3) is 0.231. The number of hydrogen-bond donors (Lipinski definition) is 6. The third-order valence-electron chi connectivity index (χ3n) is 5.62. The molecule has 2 aromatic carbocycles. The van der Waals surface area contributed by atoms with Gasteiger partial charge in [-0.3, -0.25) is 20.2 Å². The first-order valence-electron chi connectivity index (χ1n) is 11.8. The number of benzene rings is 2. The van der Waals surface area contributed by atoms with E-state index in [1.54, 1.807) is 24.3 Å². The summed E-state index contributed by atoms with van der Waals surface area (Å²) < 4.78 is 28.9. The lowest BCUT2D eigenvalue weighted by Gasteiger charge is -2.18. The minimum Gasteiger partial charge on any atom is -0.384 e. The minimum atomic E-state index is -3.92. The van der Waals surface area contributed by atoms with Gasteiger partial charge in [0.15, 0.2) is 0 Å². The average molecular weight is 540 g/mol. The Labute approximate surface area is 221 Å². The topological polar surface area (TPSA) is 178 Å². The Morgan fingerprint density at radius 1 is 0.921 bits per heavy atom. The molecule has 38 heavy (non-hydrogen) atoms. The highest BCUT2D eigenvalue weighted by molar-refractivity contribution is 7.88. The van der Waals surface area contributed by atoms with E-state index in [-0.39, 0.29) is 31.1 Å². The summed E-state index contributed by atoms with van der Waals surface area (Å²) in [5.41, 5.74) is 8.16. The molecule has 1 heterocycles. The van der Waals surface area contributed by atoms with Gasteiger partial charge in [-0.1, -0.05) is 54.6 Å². The summed E-state index contributed by atoms with van der Waals surface area (Å²) >= 11 is 0. The van der Waals surface area contributed by atoms with E-state index in [9.17, 15) is 23.2 Å². The van der Waals surface area contributed by atoms with Gasteiger partial charge in [0.1, 0.15) is 11.9 Å². The standard InChI is InChI=1S/C26H30N6O5S/c27-25(28)22-9-6-20(7-10-22)16-29-24(33)17-30-26(34)23(11-8-19-4-2-1-3-5-19)31-38(36,37)18-21-12-14-32(35)15-13-21/h1-7,9-10,12-15,23,31H,8,11,16-18H2,(H5-,27,28,29,30,33,34,35)/p+1/t23-/m1/s1. The van der Waals surface area contributed by atoms with Gasteiger partial charge in [0.25, 0.3) is 0 Å². The second kappa shape index (κ2) is 13.3. The van der Waals surface area contributed by atoms with Crippen LogP contribution in [0, 0.1) is 5.41 Å². The largest absolute Gasteiger partial charge is 0.384 e. The SMILES string of the molecule is N=C(N)c1ccc(CNC(=O)CNC(=O)[C@@H](CCc2ccccc2)NS(=O)(=O)Cc2cc[n+](O)cc2)cc1.